The first kappa shape index (κ1) is 19.8. The summed E-state index contributed by atoms with van der Waals surface area (Å²) in [5.41, 5.74) is 7.62. The van der Waals surface area contributed by atoms with Crippen LogP contribution in [0.1, 0.15) is 23.2 Å². The van der Waals surface area contributed by atoms with E-state index < -0.39 is 0 Å². The highest BCUT2D eigenvalue weighted by Gasteiger charge is 2.12. The van der Waals surface area contributed by atoms with Crippen LogP contribution in [-0.4, -0.2) is 29.1 Å². The van der Waals surface area contributed by atoms with Crippen molar-refractivity contribution in [2.45, 2.75) is 12.8 Å². The van der Waals surface area contributed by atoms with Gasteiger partial charge in [-0.05, 0) is 42.2 Å². The van der Waals surface area contributed by atoms with Crippen molar-refractivity contribution in [1.29, 1.82) is 0 Å². The van der Waals surface area contributed by atoms with E-state index in [9.17, 15) is 4.79 Å². The minimum Gasteiger partial charge on any atom is -0.395 e. The van der Waals surface area contributed by atoms with Crippen LogP contribution in [0.5, 0.6) is 0 Å². The summed E-state index contributed by atoms with van der Waals surface area (Å²) >= 11 is 0. The van der Waals surface area contributed by atoms with E-state index in [0.717, 1.165) is 51.5 Å². The summed E-state index contributed by atoms with van der Waals surface area (Å²) in [6, 6.07) is 18.0. The van der Waals surface area contributed by atoms with Gasteiger partial charge in [-0.1, -0.05) is 48.6 Å². The molecule has 30 heavy (non-hydrogen) atoms. The topological polar surface area (TPSA) is 100 Å². The first-order valence-electron chi connectivity index (χ1n) is 9.97. The Morgan fingerprint density at radius 2 is 1.60 bits per heavy atom. The average molecular weight is 400 g/mol. The fourth-order valence-electron chi connectivity index (χ4n) is 3.62. The van der Waals surface area contributed by atoms with Crippen LogP contribution in [0.25, 0.3) is 34.5 Å². The number of carbonyl (C=O) groups is 1. The van der Waals surface area contributed by atoms with Crippen LogP contribution in [0, 0.1) is 0 Å². The molecule has 0 bridgehead atoms. The summed E-state index contributed by atoms with van der Waals surface area (Å²) in [7, 11) is 0. The van der Waals surface area contributed by atoms with Crippen molar-refractivity contribution in [2.24, 2.45) is 5.84 Å². The van der Waals surface area contributed by atoms with Gasteiger partial charge in [-0.25, -0.2) is 10.8 Å². The number of fused-ring (bicyclic) bond motifs is 1. The lowest BCUT2D eigenvalue weighted by Gasteiger charge is -2.10. The van der Waals surface area contributed by atoms with Gasteiger partial charge in [0.15, 0.2) is 0 Å². The van der Waals surface area contributed by atoms with Crippen LogP contribution in [-0.2, 0) is 0 Å². The third-order valence-corrected chi connectivity index (χ3v) is 5.16. The summed E-state index contributed by atoms with van der Waals surface area (Å²) < 4.78 is 0. The largest absolute Gasteiger partial charge is 0.395 e. The number of pyridine rings is 1. The quantitative estimate of drug-likeness (QED) is 0.287. The zero-order chi connectivity index (χ0) is 20.9. The number of amides is 1. The van der Waals surface area contributed by atoms with Gasteiger partial charge in [0.2, 0.25) is 0 Å². The second-order valence-electron chi connectivity index (χ2n) is 7.12. The van der Waals surface area contributed by atoms with E-state index in [2.05, 4.69) is 16.8 Å². The van der Waals surface area contributed by atoms with Crippen molar-refractivity contribution in [3.05, 3.63) is 70.7 Å². The van der Waals surface area contributed by atoms with E-state index in [1.807, 2.05) is 54.6 Å². The molecule has 0 atom stereocenters. The Morgan fingerprint density at radius 1 is 0.967 bits per heavy atom. The highest BCUT2D eigenvalue weighted by atomic mass is 16.3. The summed E-state index contributed by atoms with van der Waals surface area (Å²) in [5.74, 6) is 5.07. The first-order chi connectivity index (χ1) is 14.7. The molecule has 0 unspecified atom stereocenters. The Hall–Kier alpha value is -3.48. The Morgan fingerprint density at radius 3 is 2.27 bits per heavy atom. The molecule has 3 aromatic rings. The number of nitrogens with two attached hydrogens (primary N) is 1. The van der Waals surface area contributed by atoms with Gasteiger partial charge in [0.1, 0.15) is 0 Å². The van der Waals surface area contributed by atoms with Gasteiger partial charge in [0.05, 0.1) is 23.2 Å². The van der Waals surface area contributed by atoms with E-state index in [0.29, 0.717) is 12.1 Å². The number of nitrogens with zero attached hydrogens (tertiary/aromatic N) is 1. The van der Waals surface area contributed by atoms with E-state index >= 15 is 0 Å². The lowest BCUT2D eigenvalue weighted by atomic mass is 10.00. The number of anilines is 1. The van der Waals surface area contributed by atoms with E-state index in [-0.39, 0.29) is 12.5 Å². The predicted octanol–water partition coefficient (Wildman–Crippen LogP) is 1.78. The summed E-state index contributed by atoms with van der Waals surface area (Å²) in [4.78, 5) is 17.1. The van der Waals surface area contributed by atoms with Crippen LogP contribution >= 0.6 is 0 Å². The second-order valence-corrected chi connectivity index (χ2v) is 7.12. The van der Waals surface area contributed by atoms with Gasteiger partial charge < -0.3 is 10.4 Å². The van der Waals surface area contributed by atoms with Crippen LogP contribution in [0.4, 0.5) is 5.69 Å². The zero-order valence-corrected chi connectivity index (χ0v) is 16.6. The lowest BCUT2D eigenvalue weighted by Crippen LogP contribution is -2.41. The maximum Gasteiger partial charge on any atom is 0.265 e. The molecule has 5 N–H and O–H groups in total. The molecular weight excluding hydrogens is 376 g/mol. The normalized spacial score (nSPS) is 12.3. The van der Waals surface area contributed by atoms with E-state index in [1.54, 1.807) is 6.07 Å². The lowest BCUT2D eigenvalue weighted by molar-refractivity contribution is 0.0952. The maximum absolute atomic E-state index is 12.3. The molecule has 2 aromatic carbocycles. The van der Waals surface area contributed by atoms with Gasteiger partial charge in [0, 0.05) is 23.0 Å². The number of hydrogen-bond donors (Lipinski definition) is 4. The molecule has 0 radical (unpaired) electrons. The number of aromatic nitrogens is 1. The third kappa shape index (κ3) is 4.10. The van der Waals surface area contributed by atoms with Crippen molar-refractivity contribution in [3.8, 4) is 22.4 Å². The molecule has 1 aliphatic carbocycles. The molecule has 1 aromatic heterocycles. The predicted molar refractivity (Wildman–Crippen MR) is 120 cm³/mol. The number of nitrogens with one attached hydrogen (secondary N) is 2. The molecule has 0 spiro atoms. The molecule has 1 amide bonds. The molecule has 0 saturated heterocycles. The molecule has 4 rings (SSSR count). The van der Waals surface area contributed by atoms with Gasteiger partial charge >= 0.3 is 0 Å². The Balaban J connectivity index is 1.65. The number of rotatable bonds is 6. The Bertz CT molecular complexity index is 1170. The van der Waals surface area contributed by atoms with Crippen molar-refractivity contribution in [3.63, 3.8) is 0 Å². The Labute approximate surface area is 174 Å². The summed E-state index contributed by atoms with van der Waals surface area (Å²) in [6.45, 7) is 0.631. The summed E-state index contributed by atoms with van der Waals surface area (Å²) in [6.07, 6.45) is 5.91. The maximum atomic E-state index is 12.3. The van der Waals surface area contributed by atoms with E-state index in [1.165, 1.54) is 0 Å². The fraction of sp³-hybridized carbons (Fsp3) is 0.167. The molecule has 0 aliphatic heterocycles. The van der Waals surface area contributed by atoms with Crippen LogP contribution in [0.2, 0.25) is 0 Å². The molecule has 152 valence electrons. The monoisotopic (exact) mass is 400 g/mol. The Kier molecular flexibility index (Phi) is 5.88. The second kappa shape index (κ2) is 8.90. The number of carbonyl (C=O) groups excluding carboxylic acids is 1. The molecule has 6 nitrogen and oxygen atoms in total. The number of hydrogen-bond acceptors (Lipinski definition) is 5. The zero-order valence-electron chi connectivity index (χ0n) is 16.6. The highest BCUT2D eigenvalue weighted by Crippen LogP contribution is 2.25. The van der Waals surface area contributed by atoms with Crippen molar-refractivity contribution < 1.29 is 9.90 Å². The number of nitrogen functional groups attached to an aromatic ring is 1. The highest BCUT2D eigenvalue weighted by molar-refractivity contribution is 5.95. The SMILES string of the molecule is NNC(=O)c1cc(-c2ccc(-c3ccc(NCCO)cc3)cc2)nc2c1=CCCC=2. The van der Waals surface area contributed by atoms with Gasteiger partial charge in [0.25, 0.3) is 5.91 Å². The number of hydrazine groups is 1. The number of aliphatic hydroxyl groups excluding tert-OH is 1. The smallest absolute Gasteiger partial charge is 0.265 e. The average Bonchev–Trinajstić information content (AvgIpc) is 2.82. The number of aliphatic hydroxyl groups is 1. The van der Waals surface area contributed by atoms with Gasteiger partial charge in [-0.15, -0.1) is 0 Å². The third-order valence-electron chi connectivity index (χ3n) is 5.16. The molecule has 0 fully saturated rings. The number of benzene rings is 2. The minimum atomic E-state index is -0.312. The van der Waals surface area contributed by atoms with Gasteiger partial charge in [-0.3, -0.25) is 10.2 Å². The molecule has 0 saturated carbocycles. The van der Waals surface area contributed by atoms with Crippen molar-refractivity contribution in [1.82, 2.24) is 10.4 Å². The first-order valence-corrected chi connectivity index (χ1v) is 9.97. The van der Waals surface area contributed by atoms with E-state index in [4.69, 9.17) is 15.9 Å². The molecular formula is C24H24N4O2. The molecule has 1 heterocycles. The summed E-state index contributed by atoms with van der Waals surface area (Å²) in [5, 5.41) is 13.7. The van der Waals surface area contributed by atoms with Crippen LogP contribution in [0.15, 0.2) is 54.6 Å². The van der Waals surface area contributed by atoms with Crippen molar-refractivity contribution in [2.75, 3.05) is 18.5 Å². The van der Waals surface area contributed by atoms with Crippen LogP contribution in [0.3, 0.4) is 0 Å². The fourth-order valence-corrected chi connectivity index (χ4v) is 3.62. The van der Waals surface area contributed by atoms with Crippen LogP contribution < -0.4 is 27.2 Å². The van der Waals surface area contributed by atoms with Crippen molar-refractivity contribution >= 4 is 23.7 Å². The molecule has 6 heteroatoms. The van der Waals surface area contributed by atoms with Gasteiger partial charge in [-0.2, -0.15) is 0 Å². The molecule has 1 aliphatic rings. The standard InChI is InChI=1S/C24H24N4O2/c25-28-24(30)21-15-23(27-22-4-2-1-3-20(21)22)18-7-5-16(6-8-18)17-9-11-19(12-10-17)26-13-14-29/h3-12,15,26,29H,1-2,13-14,25H2,(H,28,30). The minimum absolute atomic E-state index is 0.102.